The molecule has 0 aliphatic heterocycles. The number of ether oxygens (including phenoxy) is 1. The molecule has 0 aliphatic carbocycles. The molecule has 1 aromatic carbocycles. The van der Waals surface area contributed by atoms with E-state index in [1.807, 2.05) is 24.4 Å². The number of H-pyrrole nitrogens is 1. The van der Waals surface area contributed by atoms with Crippen molar-refractivity contribution in [3.63, 3.8) is 0 Å². The minimum absolute atomic E-state index is 0. The summed E-state index contributed by atoms with van der Waals surface area (Å²) in [7, 11) is 1.62. The van der Waals surface area contributed by atoms with Crippen LogP contribution in [0.4, 0.5) is 4.39 Å². The maximum absolute atomic E-state index is 12.3. The molecule has 0 spiro atoms. The summed E-state index contributed by atoms with van der Waals surface area (Å²) in [6.45, 7) is -0.405. The van der Waals surface area contributed by atoms with E-state index in [0.717, 1.165) is 22.2 Å². The Balaban J connectivity index is 0.00000144. The predicted octanol–water partition coefficient (Wildman–Crippen LogP) is 2.96. The van der Waals surface area contributed by atoms with E-state index in [1.165, 1.54) is 0 Å². The summed E-state index contributed by atoms with van der Waals surface area (Å²) in [5, 5.41) is 1.00. The summed E-state index contributed by atoms with van der Waals surface area (Å²) in [6, 6.07) is 5.45. The molecule has 0 fully saturated rings. The van der Waals surface area contributed by atoms with E-state index in [9.17, 15) is 4.39 Å². The number of nitrogens with one attached hydrogen (secondary N) is 1. The van der Waals surface area contributed by atoms with E-state index in [0.29, 0.717) is 6.42 Å². The van der Waals surface area contributed by atoms with Gasteiger partial charge in [-0.05, 0) is 30.2 Å². The van der Waals surface area contributed by atoms with Gasteiger partial charge in [0.25, 0.3) is 0 Å². The lowest BCUT2D eigenvalue weighted by atomic mass is 10.0. The van der Waals surface area contributed by atoms with Crippen molar-refractivity contribution in [3.8, 4) is 5.75 Å². The van der Waals surface area contributed by atoms with Crippen molar-refractivity contribution in [1.29, 1.82) is 0 Å². The number of aromatic amines is 1. The van der Waals surface area contributed by atoms with Crippen molar-refractivity contribution >= 4 is 23.3 Å². The third kappa shape index (κ3) is 2.70. The fraction of sp³-hybridized carbons (Fsp3) is 0.333. The van der Waals surface area contributed by atoms with Crippen LogP contribution >= 0.6 is 12.4 Å². The van der Waals surface area contributed by atoms with Crippen molar-refractivity contribution < 1.29 is 9.13 Å². The first-order valence-corrected chi connectivity index (χ1v) is 5.23. The molecule has 0 saturated heterocycles. The topological polar surface area (TPSA) is 51.0 Å². The summed E-state index contributed by atoms with van der Waals surface area (Å²) in [4.78, 5) is 3.12. The largest absolute Gasteiger partial charge is 0.497 e. The zero-order chi connectivity index (χ0) is 11.5. The number of methoxy groups -OCH3 is 1. The molecule has 0 aliphatic rings. The number of hydrogen-bond donors (Lipinski definition) is 2. The van der Waals surface area contributed by atoms with Crippen LogP contribution in [0.25, 0.3) is 10.9 Å². The lowest BCUT2D eigenvalue weighted by Crippen LogP contribution is -2.10. The highest BCUT2D eigenvalue weighted by Gasteiger charge is 2.11. The van der Waals surface area contributed by atoms with E-state index in [-0.39, 0.29) is 18.4 Å². The van der Waals surface area contributed by atoms with E-state index >= 15 is 0 Å². The highest BCUT2D eigenvalue weighted by molar-refractivity contribution is 5.85. The lowest BCUT2D eigenvalue weighted by Gasteiger charge is -2.08. The lowest BCUT2D eigenvalue weighted by molar-refractivity contribution is 0.415. The molecular weight excluding hydrogens is 243 g/mol. The van der Waals surface area contributed by atoms with Gasteiger partial charge in [-0.25, -0.2) is 0 Å². The minimum atomic E-state index is -0.405. The molecular formula is C12H16ClFN2O. The van der Waals surface area contributed by atoms with E-state index < -0.39 is 6.67 Å². The Kier molecular flexibility index (Phi) is 4.78. The molecule has 0 radical (unpaired) electrons. The van der Waals surface area contributed by atoms with Crippen LogP contribution in [-0.4, -0.2) is 18.8 Å². The number of benzene rings is 1. The molecule has 3 nitrogen and oxygen atoms in total. The standard InChI is InChI=1S/C12H15FN2O.ClH/c1-16-8-2-3-12-9(6-8)10(7-15-12)11(14)4-5-13;/h2-3,6-7,11,15H,4-5,14H2,1H3;1H/t11-;/m1./s1. The van der Waals surface area contributed by atoms with Crippen LogP contribution in [-0.2, 0) is 0 Å². The van der Waals surface area contributed by atoms with E-state index in [4.69, 9.17) is 10.5 Å². The predicted molar refractivity (Wildman–Crippen MR) is 69.6 cm³/mol. The summed E-state index contributed by atoms with van der Waals surface area (Å²) in [5.41, 5.74) is 7.83. The van der Waals surface area contributed by atoms with Crippen LogP contribution < -0.4 is 10.5 Å². The Morgan fingerprint density at radius 1 is 1.47 bits per heavy atom. The zero-order valence-electron chi connectivity index (χ0n) is 9.57. The van der Waals surface area contributed by atoms with Crippen LogP contribution in [0.5, 0.6) is 5.75 Å². The van der Waals surface area contributed by atoms with Gasteiger partial charge in [0, 0.05) is 23.1 Å². The van der Waals surface area contributed by atoms with Crippen LogP contribution in [0.2, 0.25) is 0 Å². The summed E-state index contributed by atoms with van der Waals surface area (Å²) < 4.78 is 17.4. The van der Waals surface area contributed by atoms with Gasteiger partial charge in [0.1, 0.15) is 5.75 Å². The fourth-order valence-electron chi connectivity index (χ4n) is 1.83. The quantitative estimate of drug-likeness (QED) is 0.886. The van der Waals surface area contributed by atoms with Gasteiger partial charge in [0.15, 0.2) is 0 Å². The molecule has 2 rings (SSSR count). The second kappa shape index (κ2) is 5.89. The number of aromatic nitrogens is 1. The molecule has 17 heavy (non-hydrogen) atoms. The number of fused-ring (bicyclic) bond motifs is 1. The van der Waals surface area contributed by atoms with Crippen molar-refractivity contribution in [2.45, 2.75) is 12.5 Å². The van der Waals surface area contributed by atoms with Crippen LogP contribution in [0.15, 0.2) is 24.4 Å². The van der Waals surface area contributed by atoms with Crippen molar-refractivity contribution in [1.82, 2.24) is 4.98 Å². The summed E-state index contributed by atoms with van der Waals surface area (Å²) >= 11 is 0. The van der Waals surface area contributed by atoms with Gasteiger partial charge < -0.3 is 15.5 Å². The van der Waals surface area contributed by atoms with Crippen LogP contribution in [0.3, 0.4) is 0 Å². The van der Waals surface area contributed by atoms with Crippen molar-refractivity contribution in [2.24, 2.45) is 5.73 Å². The van der Waals surface area contributed by atoms with Gasteiger partial charge in [0.2, 0.25) is 0 Å². The first kappa shape index (κ1) is 13.8. The van der Waals surface area contributed by atoms with Gasteiger partial charge in [-0.15, -0.1) is 12.4 Å². The molecule has 5 heteroatoms. The Morgan fingerprint density at radius 2 is 2.24 bits per heavy atom. The van der Waals surface area contributed by atoms with Crippen LogP contribution in [0, 0.1) is 0 Å². The SMILES string of the molecule is COc1ccc2[nH]cc([C@H](N)CCF)c2c1.Cl. The number of nitrogens with two attached hydrogens (primary N) is 1. The van der Waals surface area contributed by atoms with Gasteiger partial charge in [-0.3, -0.25) is 4.39 Å². The van der Waals surface area contributed by atoms with Crippen molar-refractivity contribution in [2.75, 3.05) is 13.8 Å². The molecule has 3 N–H and O–H groups in total. The highest BCUT2D eigenvalue weighted by atomic mass is 35.5. The van der Waals surface area contributed by atoms with E-state index in [1.54, 1.807) is 7.11 Å². The third-order valence-corrected chi connectivity index (χ3v) is 2.74. The second-order valence-electron chi connectivity index (χ2n) is 3.74. The molecule has 1 aromatic heterocycles. The maximum Gasteiger partial charge on any atom is 0.119 e. The third-order valence-electron chi connectivity index (χ3n) is 2.74. The second-order valence-corrected chi connectivity index (χ2v) is 3.74. The zero-order valence-corrected chi connectivity index (χ0v) is 10.4. The Bertz CT molecular complexity index is 486. The number of hydrogen-bond acceptors (Lipinski definition) is 2. The molecule has 2 aromatic rings. The molecule has 94 valence electrons. The normalized spacial score (nSPS) is 12.2. The number of halogens is 2. The molecule has 1 atom stereocenters. The fourth-order valence-corrected chi connectivity index (χ4v) is 1.83. The smallest absolute Gasteiger partial charge is 0.119 e. The molecule has 1 heterocycles. The Hall–Kier alpha value is -1.26. The molecule has 0 bridgehead atoms. The van der Waals surface area contributed by atoms with Gasteiger partial charge in [-0.1, -0.05) is 0 Å². The average molecular weight is 259 g/mol. The maximum atomic E-state index is 12.3. The van der Waals surface area contributed by atoms with Crippen LogP contribution in [0.1, 0.15) is 18.0 Å². The molecule has 0 unspecified atom stereocenters. The first-order chi connectivity index (χ1) is 7.76. The number of alkyl halides is 1. The molecule has 0 saturated carbocycles. The Morgan fingerprint density at radius 3 is 2.88 bits per heavy atom. The van der Waals surface area contributed by atoms with Gasteiger partial charge in [-0.2, -0.15) is 0 Å². The van der Waals surface area contributed by atoms with E-state index in [2.05, 4.69) is 4.98 Å². The monoisotopic (exact) mass is 258 g/mol. The van der Waals surface area contributed by atoms with Gasteiger partial charge >= 0.3 is 0 Å². The average Bonchev–Trinajstić information content (AvgIpc) is 2.71. The Labute approximate surface area is 106 Å². The van der Waals surface area contributed by atoms with Gasteiger partial charge in [0.05, 0.1) is 13.8 Å². The minimum Gasteiger partial charge on any atom is -0.497 e. The first-order valence-electron chi connectivity index (χ1n) is 5.23. The summed E-state index contributed by atoms with van der Waals surface area (Å²) in [6.07, 6.45) is 2.18. The highest BCUT2D eigenvalue weighted by Crippen LogP contribution is 2.27. The van der Waals surface area contributed by atoms with Crippen molar-refractivity contribution in [3.05, 3.63) is 30.0 Å². The number of rotatable bonds is 4. The molecule has 0 amide bonds. The summed E-state index contributed by atoms with van der Waals surface area (Å²) in [5.74, 6) is 0.779.